The van der Waals surface area contributed by atoms with Crippen LogP contribution in [0.5, 0.6) is 0 Å². The van der Waals surface area contributed by atoms with Gasteiger partial charge in [0, 0.05) is 18.4 Å². The van der Waals surface area contributed by atoms with Crippen LogP contribution in [0.2, 0.25) is 0 Å². The Morgan fingerprint density at radius 1 is 1.47 bits per heavy atom. The van der Waals surface area contributed by atoms with Gasteiger partial charge in [-0.25, -0.2) is 0 Å². The van der Waals surface area contributed by atoms with Crippen LogP contribution in [0, 0.1) is 21.8 Å². The van der Waals surface area contributed by atoms with E-state index in [4.69, 9.17) is 0 Å². The third-order valence-corrected chi connectivity index (χ3v) is 3.12. The van der Waals surface area contributed by atoms with E-state index < -0.39 is 16.4 Å². The highest BCUT2D eigenvalue weighted by atomic mass is 19.1. The first kappa shape index (κ1) is 11.7. The van der Waals surface area contributed by atoms with Crippen molar-refractivity contribution in [2.45, 2.75) is 25.7 Å². The van der Waals surface area contributed by atoms with Gasteiger partial charge in [0.1, 0.15) is 5.78 Å². The van der Waals surface area contributed by atoms with Crippen molar-refractivity contribution in [2.75, 3.05) is 0 Å². The van der Waals surface area contributed by atoms with E-state index in [0.29, 0.717) is 18.4 Å². The van der Waals surface area contributed by atoms with Gasteiger partial charge in [-0.15, -0.1) is 0 Å². The highest BCUT2D eigenvalue weighted by Crippen LogP contribution is 2.26. The second kappa shape index (κ2) is 4.61. The Kier molecular flexibility index (Phi) is 3.17. The molecule has 5 heteroatoms. The maximum Gasteiger partial charge on any atom is 0.304 e. The Labute approximate surface area is 97.6 Å². The van der Waals surface area contributed by atoms with E-state index in [0.717, 1.165) is 25.0 Å². The molecule has 1 fully saturated rings. The predicted molar refractivity (Wildman–Crippen MR) is 59.1 cm³/mol. The molecule has 1 aromatic rings. The topological polar surface area (TPSA) is 60.2 Å². The van der Waals surface area contributed by atoms with Crippen molar-refractivity contribution in [3.05, 3.63) is 39.7 Å². The Bertz CT molecular complexity index is 473. The van der Waals surface area contributed by atoms with Crippen molar-refractivity contribution in [1.29, 1.82) is 0 Å². The summed E-state index contributed by atoms with van der Waals surface area (Å²) >= 11 is 0. The number of hydrogen-bond acceptors (Lipinski definition) is 3. The maximum absolute atomic E-state index is 13.3. The number of nitrogens with zero attached hydrogens (tertiary/aromatic N) is 1. The van der Waals surface area contributed by atoms with Gasteiger partial charge >= 0.3 is 5.69 Å². The lowest BCUT2D eigenvalue weighted by Gasteiger charge is -2.07. The van der Waals surface area contributed by atoms with Gasteiger partial charge in [0.15, 0.2) is 0 Å². The molecule has 0 amide bonds. The molecule has 0 aliphatic heterocycles. The lowest BCUT2D eigenvalue weighted by atomic mass is 9.97. The zero-order chi connectivity index (χ0) is 12.4. The lowest BCUT2D eigenvalue weighted by molar-refractivity contribution is -0.387. The molecule has 4 nitrogen and oxygen atoms in total. The number of nitro benzene ring substituents is 1. The molecular formula is C12H12FNO3. The summed E-state index contributed by atoms with van der Waals surface area (Å²) in [5, 5.41) is 10.4. The summed E-state index contributed by atoms with van der Waals surface area (Å²) in [6, 6.07) is 3.83. The molecule has 0 bridgehead atoms. The quantitative estimate of drug-likeness (QED) is 0.599. The number of carbonyl (C=O) groups excluding carboxylic acids is 1. The number of rotatable bonds is 3. The van der Waals surface area contributed by atoms with Crippen LogP contribution >= 0.6 is 0 Å². The van der Waals surface area contributed by atoms with E-state index in [-0.39, 0.29) is 11.7 Å². The van der Waals surface area contributed by atoms with Crippen LogP contribution < -0.4 is 0 Å². The van der Waals surface area contributed by atoms with E-state index >= 15 is 0 Å². The molecular weight excluding hydrogens is 225 g/mol. The zero-order valence-electron chi connectivity index (χ0n) is 9.19. The molecule has 0 saturated heterocycles. The van der Waals surface area contributed by atoms with E-state index in [1.165, 1.54) is 6.07 Å². The van der Waals surface area contributed by atoms with E-state index in [9.17, 15) is 19.3 Å². The molecule has 1 aliphatic rings. The van der Waals surface area contributed by atoms with Crippen LogP contribution in [0.1, 0.15) is 24.8 Å². The van der Waals surface area contributed by atoms with Crippen LogP contribution in [0.4, 0.5) is 10.1 Å². The Hall–Kier alpha value is -1.78. The first-order chi connectivity index (χ1) is 8.08. The number of ketones is 1. The van der Waals surface area contributed by atoms with Gasteiger partial charge in [-0.1, -0.05) is 6.07 Å². The van der Waals surface area contributed by atoms with Gasteiger partial charge < -0.3 is 0 Å². The Morgan fingerprint density at radius 2 is 2.24 bits per heavy atom. The molecule has 1 atom stereocenters. The van der Waals surface area contributed by atoms with Crippen molar-refractivity contribution >= 4 is 11.5 Å². The third-order valence-electron chi connectivity index (χ3n) is 3.12. The SMILES string of the molecule is O=C1CCCC1Cc1ccc([N+](=O)[O-])c(F)c1. The van der Waals surface area contributed by atoms with Gasteiger partial charge in [0.2, 0.25) is 5.82 Å². The van der Waals surface area contributed by atoms with Crippen LogP contribution in [0.3, 0.4) is 0 Å². The van der Waals surface area contributed by atoms with Gasteiger partial charge in [-0.05, 0) is 30.9 Å². The second-order valence-electron chi connectivity index (χ2n) is 4.30. The van der Waals surface area contributed by atoms with Crippen LogP contribution in [-0.4, -0.2) is 10.7 Å². The third kappa shape index (κ3) is 2.49. The number of carbonyl (C=O) groups is 1. The molecule has 1 aliphatic carbocycles. The van der Waals surface area contributed by atoms with Crippen molar-refractivity contribution < 1.29 is 14.1 Å². The Balaban J connectivity index is 2.15. The molecule has 1 aromatic carbocycles. The highest BCUT2D eigenvalue weighted by molar-refractivity contribution is 5.83. The first-order valence-electron chi connectivity index (χ1n) is 5.53. The molecule has 1 saturated carbocycles. The summed E-state index contributed by atoms with van der Waals surface area (Å²) in [7, 11) is 0. The fourth-order valence-corrected chi connectivity index (χ4v) is 2.21. The van der Waals surface area contributed by atoms with Gasteiger partial charge in [0.05, 0.1) is 4.92 Å². The van der Waals surface area contributed by atoms with Crippen molar-refractivity contribution in [3.8, 4) is 0 Å². The van der Waals surface area contributed by atoms with Crippen LogP contribution in [-0.2, 0) is 11.2 Å². The molecule has 2 rings (SSSR count). The summed E-state index contributed by atoms with van der Waals surface area (Å²) < 4.78 is 13.3. The van der Waals surface area contributed by atoms with Gasteiger partial charge in [0.25, 0.3) is 0 Å². The molecule has 0 spiro atoms. The minimum absolute atomic E-state index is 0.0455. The molecule has 17 heavy (non-hydrogen) atoms. The van der Waals surface area contributed by atoms with E-state index in [1.54, 1.807) is 0 Å². The number of benzene rings is 1. The summed E-state index contributed by atoms with van der Waals surface area (Å²) in [6.45, 7) is 0. The fraction of sp³-hybridized carbons (Fsp3) is 0.417. The molecule has 1 unspecified atom stereocenters. The van der Waals surface area contributed by atoms with Gasteiger partial charge in [-0.2, -0.15) is 4.39 Å². The first-order valence-corrected chi connectivity index (χ1v) is 5.53. The van der Waals surface area contributed by atoms with E-state index in [2.05, 4.69) is 0 Å². The van der Waals surface area contributed by atoms with Crippen molar-refractivity contribution in [3.63, 3.8) is 0 Å². The summed E-state index contributed by atoms with van der Waals surface area (Å²) in [5.74, 6) is -0.669. The predicted octanol–water partition coefficient (Wildman–Crippen LogP) is 2.65. The molecule has 0 radical (unpaired) electrons. The monoisotopic (exact) mass is 237 g/mol. The minimum atomic E-state index is -0.835. The average Bonchev–Trinajstić information content (AvgIpc) is 2.64. The van der Waals surface area contributed by atoms with Crippen LogP contribution in [0.25, 0.3) is 0 Å². The number of hydrogen-bond donors (Lipinski definition) is 0. The fourth-order valence-electron chi connectivity index (χ4n) is 2.21. The largest absolute Gasteiger partial charge is 0.304 e. The smallest absolute Gasteiger partial charge is 0.299 e. The molecule has 0 aromatic heterocycles. The lowest BCUT2D eigenvalue weighted by Crippen LogP contribution is -2.09. The molecule has 0 N–H and O–H groups in total. The van der Waals surface area contributed by atoms with Crippen LogP contribution in [0.15, 0.2) is 18.2 Å². The standard InChI is InChI=1S/C12H12FNO3/c13-10-7-8(4-5-11(10)14(16)17)6-9-2-1-3-12(9)15/h4-5,7,9H,1-3,6H2. The summed E-state index contributed by atoms with van der Waals surface area (Å²) in [4.78, 5) is 21.1. The minimum Gasteiger partial charge on any atom is -0.299 e. The normalized spacial score (nSPS) is 19.6. The maximum atomic E-state index is 13.3. The van der Waals surface area contributed by atoms with Crippen molar-refractivity contribution in [1.82, 2.24) is 0 Å². The number of nitro groups is 1. The van der Waals surface area contributed by atoms with Gasteiger partial charge in [-0.3, -0.25) is 14.9 Å². The molecule has 0 heterocycles. The average molecular weight is 237 g/mol. The number of Topliss-reactive ketones (excluding diaryl/α,β-unsaturated/α-hetero) is 1. The van der Waals surface area contributed by atoms with E-state index in [1.807, 2.05) is 0 Å². The van der Waals surface area contributed by atoms with Crippen molar-refractivity contribution in [2.24, 2.45) is 5.92 Å². The number of halogens is 1. The highest BCUT2D eigenvalue weighted by Gasteiger charge is 2.25. The summed E-state index contributed by atoms with van der Waals surface area (Å²) in [5.41, 5.74) is 0.125. The Morgan fingerprint density at radius 3 is 2.76 bits per heavy atom. The zero-order valence-corrected chi connectivity index (χ0v) is 9.19. The summed E-state index contributed by atoms with van der Waals surface area (Å²) in [6.07, 6.45) is 2.80. The molecule has 90 valence electrons. The second-order valence-corrected chi connectivity index (χ2v) is 4.30.